The summed E-state index contributed by atoms with van der Waals surface area (Å²) in [6.45, 7) is 3.28. The topological polar surface area (TPSA) is 71.1 Å². The Morgan fingerprint density at radius 3 is 2.76 bits per heavy atom. The first-order valence-corrected chi connectivity index (χ1v) is 6.84. The third kappa shape index (κ3) is 3.87. The minimum absolute atomic E-state index is 0.0603. The first kappa shape index (κ1) is 15.1. The molecule has 5 nitrogen and oxygen atoms in total. The van der Waals surface area contributed by atoms with Crippen molar-refractivity contribution < 1.29 is 14.0 Å². The Morgan fingerprint density at radius 2 is 2.14 bits per heavy atom. The number of amides is 2. The molecule has 2 amide bonds. The number of nitrogens with one attached hydrogen (secondary N) is 2. The lowest BCUT2D eigenvalue weighted by molar-refractivity contribution is -0.111. The molecule has 0 saturated heterocycles. The molecule has 0 fully saturated rings. The number of benzene rings is 1. The van der Waals surface area contributed by atoms with E-state index < -0.39 is 17.6 Å². The van der Waals surface area contributed by atoms with Gasteiger partial charge in [0.1, 0.15) is 10.2 Å². The fraction of sp³-hybridized carbons (Fsp3) is 0. The number of aromatic nitrogens is 1. The molecule has 2 N–H and O–H groups in total. The van der Waals surface area contributed by atoms with Crippen molar-refractivity contribution in [1.82, 2.24) is 4.98 Å². The molecule has 0 aliphatic carbocycles. The third-order valence-corrected chi connectivity index (χ3v) is 3.45. The first-order valence-electron chi connectivity index (χ1n) is 5.65. The van der Waals surface area contributed by atoms with Crippen LogP contribution < -0.4 is 10.6 Å². The van der Waals surface area contributed by atoms with Crippen LogP contribution in [-0.2, 0) is 4.79 Å². The molecule has 8 heteroatoms. The van der Waals surface area contributed by atoms with Gasteiger partial charge in [0.15, 0.2) is 5.01 Å². The number of halogens is 2. The van der Waals surface area contributed by atoms with Gasteiger partial charge in [-0.15, -0.1) is 0 Å². The van der Waals surface area contributed by atoms with Gasteiger partial charge in [-0.1, -0.05) is 29.5 Å². The molecule has 0 bridgehead atoms. The Labute approximate surface area is 128 Å². The van der Waals surface area contributed by atoms with Crippen molar-refractivity contribution in [3.05, 3.63) is 52.2 Å². The Kier molecular flexibility index (Phi) is 4.66. The number of hydrogen-bond acceptors (Lipinski definition) is 4. The van der Waals surface area contributed by atoms with Gasteiger partial charge in [0.2, 0.25) is 5.91 Å². The van der Waals surface area contributed by atoms with E-state index in [1.807, 2.05) is 0 Å². The number of carbonyl (C=O) groups is 2. The maximum absolute atomic E-state index is 13.5. The Morgan fingerprint density at radius 1 is 1.38 bits per heavy atom. The minimum atomic E-state index is -0.625. The smallest absolute Gasteiger partial charge is 0.284 e. The van der Waals surface area contributed by atoms with Gasteiger partial charge in [-0.05, 0) is 24.3 Å². The van der Waals surface area contributed by atoms with Gasteiger partial charge in [0.25, 0.3) is 5.91 Å². The number of thiazole rings is 1. The maximum Gasteiger partial charge on any atom is 0.284 e. The fourth-order valence-corrected chi connectivity index (χ4v) is 2.23. The van der Waals surface area contributed by atoms with Gasteiger partial charge >= 0.3 is 0 Å². The average molecular weight is 326 g/mol. The van der Waals surface area contributed by atoms with Crippen LogP contribution in [0.2, 0.25) is 4.34 Å². The maximum atomic E-state index is 13.5. The average Bonchev–Trinajstić information content (AvgIpc) is 2.89. The quantitative estimate of drug-likeness (QED) is 0.847. The van der Waals surface area contributed by atoms with Gasteiger partial charge < -0.3 is 10.6 Å². The zero-order valence-corrected chi connectivity index (χ0v) is 12.1. The number of carbonyl (C=O) groups excluding carboxylic acids is 2. The molecule has 0 spiro atoms. The summed E-state index contributed by atoms with van der Waals surface area (Å²) < 4.78 is 13.9. The number of nitrogens with zero attached hydrogens (tertiary/aromatic N) is 1. The lowest BCUT2D eigenvalue weighted by Crippen LogP contribution is -2.13. The summed E-state index contributed by atoms with van der Waals surface area (Å²) in [5, 5.41) is 5.02. The van der Waals surface area contributed by atoms with Crippen LogP contribution >= 0.6 is 22.9 Å². The van der Waals surface area contributed by atoms with Crippen molar-refractivity contribution in [2.24, 2.45) is 0 Å². The van der Waals surface area contributed by atoms with E-state index in [1.165, 1.54) is 18.3 Å². The van der Waals surface area contributed by atoms with Crippen molar-refractivity contribution >= 4 is 46.1 Å². The molecule has 21 heavy (non-hydrogen) atoms. The molecule has 0 aliphatic rings. The molecule has 0 saturated carbocycles. The minimum Gasteiger partial charge on any atom is -0.320 e. The zero-order valence-electron chi connectivity index (χ0n) is 10.5. The van der Waals surface area contributed by atoms with E-state index in [4.69, 9.17) is 11.6 Å². The van der Waals surface area contributed by atoms with Crippen molar-refractivity contribution in [3.63, 3.8) is 0 Å². The summed E-state index contributed by atoms with van der Waals surface area (Å²) >= 11 is 6.72. The molecule has 2 rings (SSSR count). The Hall–Kier alpha value is -2.25. The highest BCUT2D eigenvalue weighted by molar-refractivity contribution is 7.17. The fourth-order valence-electron chi connectivity index (χ4n) is 1.43. The molecular formula is C13H9ClFN3O2S. The van der Waals surface area contributed by atoms with E-state index in [0.717, 1.165) is 23.5 Å². The third-order valence-electron chi connectivity index (χ3n) is 2.34. The second-order valence-corrected chi connectivity index (χ2v) is 5.47. The van der Waals surface area contributed by atoms with E-state index in [2.05, 4.69) is 22.2 Å². The second-order valence-electron chi connectivity index (χ2n) is 3.81. The highest BCUT2D eigenvalue weighted by Crippen LogP contribution is 2.22. The Balaban J connectivity index is 2.17. The molecule has 0 radical (unpaired) electrons. The van der Waals surface area contributed by atoms with Crippen LogP contribution in [0.4, 0.5) is 15.8 Å². The summed E-state index contributed by atoms with van der Waals surface area (Å²) in [4.78, 5) is 26.9. The molecule has 1 heterocycles. The number of anilines is 2. The van der Waals surface area contributed by atoms with Crippen LogP contribution in [0.5, 0.6) is 0 Å². The second kappa shape index (κ2) is 6.47. The van der Waals surface area contributed by atoms with E-state index in [-0.39, 0.29) is 10.7 Å². The van der Waals surface area contributed by atoms with E-state index in [1.54, 1.807) is 0 Å². The normalized spacial score (nSPS) is 10.0. The molecule has 0 unspecified atom stereocenters. The highest BCUT2D eigenvalue weighted by Gasteiger charge is 2.12. The molecule has 2 aromatic rings. The monoisotopic (exact) mass is 325 g/mol. The lowest BCUT2D eigenvalue weighted by atomic mass is 10.2. The van der Waals surface area contributed by atoms with Crippen LogP contribution in [0.3, 0.4) is 0 Å². The van der Waals surface area contributed by atoms with Crippen LogP contribution in [0, 0.1) is 5.82 Å². The molecular weight excluding hydrogens is 317 g/mol. The summed E-state index contributed by atoms with van der Waals surface area (Å²) in [5.41, 5.74) is 0.252. The first-order chi connectivity index (χ1) is 9.99. The largest absolute Gasteiger partial charge is 0.320 e. The SMILES string of the molecule is C=CC(=O)Nc1cc(NC(=O)c2ncc(Cl)s2)ccc1F. The zero-order chi connectivity index (χ0) is 15.4. The lowest BCUT2D eigenvalue weighted by Gasteiger charge is -2.08. The van der Waals surface area contributed by atoms with Crippen molar-refractivity contribution in [1.29, 1.82) is 0 Å². The predicted octanol–water partition coefficient (Wildman–Crippen LogP) is 3.31. The molecule has 1 aromatic carbocycles. The van der Waals surface area contributed by atoms with Gasteiger partial charge in [-0.2, -0.15) is 0 Å². The van der Waals surface area contributed by atoms with Gasteiger partial charge in [-0.3, -0.25) is 9.59 Å². The van der Waals surface area contributed by atoms with Crippen LogP contribution in [0.25, 0.3) is 0 Å². The number of rotatable bonds is 4. The predicted molar refractivity (Wildman–Crippen MR) is 80.3 cm³/mol. The van der Waals surface area contributed by atoms with Gasteiger partial charge in [-0.25, -0.2) is 9.37 Å². The summed E-state index contributed by atoms with van der Waals surface area (Å²) in [7, 11) is 0. The van der Waals surface area contributed by atoms with Crippen molar-refractivity contribution in [2.45, 2.75) is 0 Å². The number of hydrogen-bond donors (Lipinski definition) is 2. The standard InChI is InChI=1S/C13H9ClFN3O2S/c1-2-11(19)18-9-5-7(3-4-8(9)15)17-12(20)13-16-6-10(14)21-13/h2-6H,1H2,(H,17,20)(H,18,19). The Bertz CT molecular complexity index is 717. The van der Waals surface area contributed by atoms with Crippen LogP contribution in [0.15, 0.2) is 37.1 Å². The molecule has 0 aliphatic heterocycles. The van der Waals surface area contributed by atoms with Gasteiger partial charge in [0, 0.05) is 5.69 Å². The van der Waals surface area contributed by atoms with E-state index >= 15 is 0 Å². The summed E-state index contributed by atoms with van der Waals surface area (Å²) in [6.07, 6.45) is 2.38. The van der Waals surface area contributed by atoms with Crippen molar-refractivity contribution in [2.75, 3.05) is 10.6 Å². The van der Waals surface area contributed by atoms with Crippen LogP contribution in [-0.4, -0.2) is 16.8 Å². The molecule has 1 aromatic heterocycles. The molecule has 0 atom stereocenters. The van der Waals surface area contributed by atoms with E-state index in [0.29, 0.717) is 10.0 Å². The van der Waals surface area contributed by atoms with Crippen LogP contribution in [0.1, 0.15) is 9.80 Å². The van der Waals surface area contributed by atoms with E-state index in [9.17, 15) is 14.0 Å². The van der Waals surface area contributed by atoms with Gasteiger partial charge in [0.05, 0.1) is 11.9 Å². The summed E-state index contributed by atoms with van der Waals surface area (Å²) in [5.74, 6) is -1.65. The van der Waals surface area contributed by atoms with Crippen molar-refractivity contribution in [3.8, 4) is 0 Å². The molecule has 108 valence electrons. The summed E-state index contributed by atoms with van der Waals surface area (Å²) in [6, 6.07) is 3.79. The highest BCUT2D eigenvalue weighted by atomic mass is 35.5.